The molecule has 0 unspecified atom stereocenters. The van der Waals surface area contributed by atoms with Crippen molar-refractivity contribution in [2.24, 2.45) is 17.3 Å². The first-order valence-electron chi connectivity index (χ1n) is 16.4. The van der Waals surface area contributed by atoms with E-state index in [1.807, 2.05) is 52.0 Å². The Morgan fingerprint density at radius 3 is 2.38 bits per heavy atom. The number of epoxide rings is 1. The molecule has 0 aromatic heterocycles. The second-order valence-electron chi connectivity index (χ2n) is 13.8. The molecule has 1 fully saturated rings. The lowest BCUT2D eigenvalue weighted by molar-refractivity contribution is -0.179. The second-order valence-corrected chi connectivity index (χ2v) is 14.2. The number of cyclic esters (lactones) is 2. The smallest absolute Gasteiger partial charge is 0.347 e. The van der Waals surface area contributed by atoms with Crippen molar-refractivity contribution in [3.05, 3.63) is 76.3 Å². The molecule has 2 aromatic carbocycles. The fourth-order valence-electron chi connectivity index (χ4n) is 5.58. The fraction of sp³-hybridized carbons (Fsp3) is 0.514. The van der Waals surface area contributed by atoms with Gasteiger partial charge in [0.15, 0.2) is 6.10 Å². The topological polar surface area (TPSA) is 133 Å². The maximum Gasteiger partial charge on any atom is 0.347 e. The lowest BCUT2D eigenvalue weighted by atomic mass is 9.92. The van der Waals surface area contributed by atoms with Crippen LogP contribution in [0.25, 0.3) is 0 Å². The minimum absolute atomic E-state index is 0.0214. The molecule has 2 aliphatic heterocycles. The number of carbonyl (C=O) groups excluding carboxylic acids is 4. The van der Waals surface area contributed by atoms with Gasteiger partial charge in [-0.2, -0.15) is 0 Å². The van der Waals surface area contributed by atoms with Crippen LogP contribution in [0.15, 0.2) is 54.6 Å². The quantitative estimate of drug-likeness (QED) is 0.278. The van der Waals surface area contributed by atoms with Crippen LogP contribution < -0.4 is 15.4 Å². The molecule has 48 heavy (non-hydrogen) atoms. The largest absolute Gasteiger partial charge is 0.495 e. The van der Waals surface area contributed by atoms with Crippen LogP contribution in [0.4, 0.5) is 0 Å². The molecule has 2 N–H and O–H groups in total. The standard InChI is InChI=1S/C37H47ClN2O8/c1-21(2)17-30-35(43)46-28(23(4)32-33(48-32)25-14-11-22(3)12-15-25)9-8-10-31(41)40-27(19-24-13-16-29(45-7)26(38)18-24)34(42)39-20-37(5,6)36(44)47-30/h8,10-16,18,21,23,27-28,30,32-33H,9,17,19-20H2,1-7H3,(H,39,42)(H,40,41)/t23-,27+,28-,30-,32-,33-/m0/s1. The van der Waals surface area contributed by atoms with Crippen molar-refractivity contribution in [2.75, 3.05) is 13.7 Å². The zero-order chi connectivity index (χ0) is 35.2. The number of nitrogens with one attached hydrogen (secondary N) is 2. The molecule has 260 valence electrons. The zero-order valence-corrected chi connectivity index (χ0v) is 29.5. The number of esters is 2. The van der Waals surface area contributed by atoms with Gasteiger partial charge in [-0.05, 0) is 62.4 Å². The number of hydrogen-bond acceptors (Lipinski definition) is 8. The molecule has 0 saturated carbocycles. The Labute approximate surface area is 287 Å². The van der Waals surface area contributed by atoms with Gasteiger partial charge in [-0.15, -0.1) is 0 Å². The Balaban J connectivity index is 1.61. The van der Waals surface area contributed by atoms with Gasteiger partial charge in [-0.1, -0.05) is 74.3 Å². The summed E-state index contributed by atoms with van der Waals surface area (Å²) in [5.74, 6) is -2.06. The number of aryl methyl sites for hydroxylation is 1. The summed E-state index contributed by atoms with van der Waals surface area (Å²) in [5.41, 5.74) is 1.67. The van der Waals surface area contributed by atoms with Gasteiger partial charge in [0.05, 0.1) is 23.7 Å². The normalized spacial score (nSPS) is 25.8. The molecule has 4 rings (SSSR count). The zero-order valence-electron chi connectivity index (χ0n) is 28.7. The summed E-state index contributed by atoms with van der Waals surface area (Å²) >= 11 is 6.32. The van der Waals surface area contributed by atoms with E-state index in [1.54, 1.807) is 38.1 Å². The van der Waals surface area contributed by atoms with Crippen LogP contribution in [0, 0.1) is 24.2 Å². The minimum Gasteiger partial charge on any atom is -0.495 e. The van der Waals surface area contributed by atoms with Gasteiger partial charge in [-0.25, -0.2) is 4.79 Å². The maximum atomic E-state index is 13.6. The fourth-order valence-corrected chi connectivity index (χ4v) is 5.86. The van der Waals surface area contributed by atoms with Crippen molar-refractivity contribution in [2.45, 2.75) is 91.3 Å². The van der Waals surface area contributed by atoms with E-state index < -0.39 is 47.4 Å². The van der Waals surface area contributed by atoms with Crippen molar-refractivity contribution < 1.29 is 38.1 Å². The number of benzene rings is 2. The first-order valence-corrected chi connectivity index (χ1v) is 16.8. The number of rotatable bonds is 8. The average Bonchev–Trinajstić information content (AvgIpc) is 3.83. The number of amides is 2. The number of carbonyl (C=O) groups is 4. The van der Waals surface area contributed by atoms with E-state index in [0.29, 0.717) is 16.3 Å². The van der Waals surface area contributed by atoms with Crippen molar-refractivity contribution in [3.8, 4) is 5.75 Å². The predicted octanol–water partition coefficient (Wildman–Crippen LogP) is 5.43. The van der Waals surface area contributed by atoms with Crippen LogP contribution in [0.1, 0.15) is 70.3 Å². The molecule has 2 aliphatic rings. The Morgan fingerprint density at radius 2 is 1.73 bits per heavy atom. The van der Waals surface area contributed by atoms with E-state index in [1.165, 1.54) is 13.2 Å². The first-order chi connectivity index (χ1) is 22.7. The summed E-state index contributed by atoms with van der Waals surface area (Å²) in [5, 5.41) is 5.92. The van der Waals surface area contributed by atoms with Crippen LogP contribution in [0.2, 0.25) is 5.02 Å². The first kappa shape index (κ1) is 36.9. The van der Waals surface area contributed by atoms with Crippen LogP contribution >= 0.6 is 11.6 Å². The lowest BCUT2D eigenvalue weighted by Crippen LogP contribution is -2.51. The van der Waals surface area contributed by atoms with E-state index in [9.17, 15) is 19.2 Å². The van der Waals surface area contributed by atoms with Crippen molar-refractivity contribution in [1.82, 2.24) is 10.6 Å². The van der Waals surface area contributed by atoms with Gasteiger partial charge in [-0.3, -0.25) is 14.4 Å². The molecular weight excluding hydrogens is 636 g/mol. The predicted molar refractivity (Wildman–Crippen MR) is 181 cm³/mol. The summed E-state index contributed by atoms with van der Waals surface area (Å²) < 4.78 is 23.1. The Bertz CT molecular complexity index is 1510. The number of methoxy groups -OCH3 is 1. The van der Waals surface area contributed by atoms with E-state index in [-0.39, 0.29) is 49.9 Å². The lowest BCUT2D eigenvalue weighted by Gasteiger charge is -2.29. The summed E-state index contributed by atoms with van der Waals surface area (Å²) in [4.78, 5) is 53.7. The van der Waals surface area contributed by atoms with Gasteiger partial charge < -0.3 is 29.6 Å². The van der Waals surface area contributed by atoms with Crippen molar-refractivity contribution in [3.63, 3.8) is 0 Å². The van der Waals surface area contributed by atoms with E-state index in [0.717, 1.165) is 11.1 Å². The molecule has 11 heteroatoms. The molecule has 0 aliphatic carbocycles. The highest BCUT2D eigenvalue weighted by Gasteiger charge is 2.48. The van der Waals surface area contributed by atoms with Crippen LogP contribution in [-0.2, 0) is 39.8 Å². The Morgan fingerprint density at radius 1 is 1.02 bits per heavy atom. The van der Waals surface area contributed by atoms with Crippen LogP contribution in [0.5, 0.6) is 5.75 Å². The highest BCUT2D eigenvalue weighted by atomic mass is 35.5. The monoisotopic (exact) mass is 682 g/mol. The van der Waals surface area contributed by atoms with Gasteiger partial charge in [0.25, 0.3) is 0 Å². The minimum atomic E-state index is -1.20. The Kier molecular flexibility index (Phi) is 12.3. The summed E-state index contributed by atoms with van der Waals surface area (Å²) in [6.07, 6.45) is 1.33. The third-order valence-electron chi connectivity index (χ3n) is 8.69. The van der Waals surface area contributed by atoms with Gasteiger partial charge in [0, 0.05) is 25.3 Å². The molecule has 0 radical (unpaired) electrons. The van der Waals surface area contributed by atoms with Crippen LogP contribution in [0.3, 0.4) is 0 Å². The second kappa shape index (κ2) is 16.0. The number of ether oxygens (including phenoxy) is 4. The number of halogens is 1. The third kappa shape index (κ3) is 9.82. The SMILES string of the molecule is COc1ccc(C[C@H]2NC(=O)C=CC[C@@H]([C@H](C)[C@@H]3O[C@H]3c3ccc(C)cc3)OC(=O)[C@H](CC(C)C)OC(=O)C(C)(C)CNC2=O)cc1Cl. The van der Waals surface area contributed by atoms with Gasteiger partial charge >= 0.3 is 11.9 Å². The third-order valence-corrected chi connectivity index (χ3v) is 8.98. The van der Waals surface area contributed by atoms with Gasteiger partial charge in [0.2, 0.25) is 11.8 Å². The molecule has 2 heterocycles. The van der Waals surface area contributed by atoms with E-state index >= 15 is 0 Å². The van der Waals surface area contributed by atoms with E-state index in [4.69, 9.17) is 30.5 Å². The summed E-state index contributed by atoms with van der Waals surface area (Å²) in [6, 6.07) is 12.2. The van der Waals surface area contributed by atoms with Crippen molar-refractivity contribution in [1.29, 1.82) is 0 Å². The van der Waals surface area contributed by atoms with E-state index in [2.05, 4.69) is 10.6 Å². The average molecular weight is 683 g/mol. The molecule has 10 nitrogen and oxygen atoms in total. The highest BCUT2D eigenvalue weighted by molar-refractivity contribution is 6.32. The highest BCUT2D eigenvalue weighted by Crippen LogP contribution is 2.45. The Hall–Kier alpha value is -3.89. The molecule has 6 atom stereocenters. The van der Waals surface area contributed by atoms with Crippen molar-refractivity contribution >= 4 is 35.4 Å². The molecule has 2 aromatic rings. The summed E-state index contributed by atoms with van der Waals surface area (Å²) in [6.45, 7) is 11.0. The molecule has 2 amide bonds. The molecule has 1 saturated heterocycles. The maximum absolute atomic E-state index is 13.6. The molecule has 0 spiro atoms. The van der Waals surface area contributed by atoms with Crippen LogP contribution in [-0.4, -0.2) is 61.8 Å². The summed E-state index contributed by atoms with van der Waals surface area (Å²) in [7, 11) is 1.51. The number of hydrogen-bond donors (Lipinski definition) is 2. The molecule has 0 bridgehead atoms. The molecular formula is C37H47ClN2O8. The van der Waals surface area contributed by atoms with Gasteiger partial charge in [0.1, 0.15) is 24.0 Å².